The molecule has 3 rings (SSSR count). The highest BCUT2D eigenvalue weighted by atomic mass is 32.2. The SMILES string of the molecule is C/C=C1/C=C(S(=O)(=O)N(CCCC)c2ccc(CC)cc2)C=CC1=NC.CCC1CCOCC1. The zero-order valence-electron chi connectivity index (χ0n) is 21.6. The van der Waals surface area contributed by atoms with Crippen LogP contribution < -0.4 is 4.31 Å². The number of benzene rings is 1. The third-order valence-electron chi connectivity index (χ3n) is 6.40. The second-order valence-electron chi connectivity index (χ2n) is 8.65. The summed E-state index contributed by atoms with van der Waals surface area (Å²) in [6.45, 7) is 10.8. The van der Waals surface area contributed by atoms with Crippen molar-refractivity contribution in [3.8, 4) is 0 Å². The van der Waals surface area contributed by atoms with E-state index >= 15 is 0 Å². The van der Waals surface area contributed by atoms with Gasteiger partial charge in [0.2, 0.25) is 0 Å². The number of rotatable bonds is 8. The largest absolute Gasteiger partial charge is 0.381 e. The van der Waals surface area contributed by atoms with E-state index in [0.29, 0.717) is 17.1 Å². The Hall–Kier alpha value is -2.18. The number of sulfonamides is 1. The molecule has 188 valence electrons. The zero-order valence-corrected chi connectivity index (χ0v) is 22.4. The van der Waals surface area contributed by atoms with Crippen LogP contribution in [-0.2, 0) is 21.2 Å². The van der Waals surface area contributed by atoms with Crippen LogP contribution in [0.15, 0.2) is 64.0 Å². The van der Waals surface area contributed by atoms with Crippen molar-refractivity contribution in [3.05, 3.63) is 64.6 Å². The van der Waals surface area contributed by atoms with Gasteiger partial charge in [-0.15, -0.1) is 0 Å². The lowest BCUT2D eigenvalue weighted by Crippen LogP contribution is -2.33. The summed E-state index contributed by atoms with van der Waals surface area (Å²) in [5.41, 5.74) is 3.52. The summed E-state index contributed by atoms with van der Waals surface area (Å²) in [5.74, 6) is 0.962. The van der Waals surface area contributed by atoms with Gasteiger partial charge in [-0.1, -0.05) is 51.8 Å². The van der Waals surface area contributed by atoms with Crippen molar-refractivity contribution in [1.29, 1.82) is 0 Å². The average molecular weight is 487 g/mol. The molecule has 0 bridgehead atoms. The molecule has 1 heterocycles. The lowest BCUT2D eigenvalue weighted by molar-refractivity contribution is 0.0654. The number of anilines is 1. The molecule has 2 aliphatic rings. The van der Waals surface area contributed by atoms with Gasteiger partial charge in [-0.05, 0) is 80.0 Å². The third kappa shape index (κ3) is 7.67. The van der Waals surface area contributed by atoms with Crippen LogP contribution in [0.4, 0.5) is 5.69 Å². The third-order valence-corrected chi connectivity index (χ3v) is 8.23. The minimum atomic E-state index is -3.63. The Kier molecular flexibility index (Phi) is 11.8. The van der Waals surface area contributed by atoms with Crippen LogP contribution in [-0.4, -0.2) is 40.9 Å². The Labute approximate surface area is 207 Å². The summed E-state index contributed by atoms with van der Waals surface area (Å²) in [6, 6.07) is 7.78. The fraction of sp³-hybridized carbons (Fsp3) is 0.536. The van der Waals surface area contributed by atoms with Crippen molar-refractivity contribution in [2.75, 3.05) is 31.1 Å². The molecule has 6 heteroatoms. The Morgan fingerprint density at radius 1 is 1.09 bits per heavy atom. The molecule has 0 spiro atoms. The molecule has 0 radical (unpaired) electrons. The van der Waals surface area contributed by atoms with E-state index in [1.807, 2.05) is 37.3 Å². The average Bonchev–Trinajstić information content (AvgIpc) is 2.89. The van der Waals surface area contributed by atoms with Gasteiger partial charge >= 0.3 is 0 Å². The first-order chi connectivity index (χ1) is 16.4. The van der Waals surface area contributed by atoms with Gasteiger partial charge in [-0.3, -0.25) is 9.30 Å². The highest BCUT2D eigenvalue weighted by Gasteiger charge is 2.27. The molecule has 0 saturated carbocycles. The second kappa shape index (κ2) is 14.3. The molecule has 0 N–H and O–H groups in total. The van der Waals surface area contributed by atoms with Gasteiger partial charge in [-0.25, -0.2) is 8.42 Å². The summed E-state index contributed by atoms with van der Waals surface area (Å²) in [5, 5.41) is 0. The van der Waals surface area contributed by atoms with Crippen LogP contribution in [0.2, 0.25) is 0 Å². The molecule has 0 atom stereocenters. The van der Waals surface area contributed by atoms with E-state index in [1.165, 1.54) is 29.1 Å². The standard InChI is InChI=1S/C21H28N2O2S.C7H14O/c1-5-8-15-23(19-11-9-17(6-2)10-12-19)26(24,25)20-13-14-21(22-4)18(7-3)16-20;1-2-7-3-5-8-6-4-7/h7,9-14,16H,5-6,8,15H2,1-4H3;7H,2-6H2,1H3/b18-7-,22-21?;. The monoisotopic (exact) mass is 486 g/mol. The number of unbranched alkanes of at least 4 members (excludes halogenated alkanes) is 1. The molecule has 1 aromatic carbocycles. The maximum atomic E-state index is 13.3. The van der Waals surface area contributed by atoms with Gasteiger partial charge in [0.1, 0.15) is 0 Å². The van der Waals surface area contributed by atoms with Crippen LogP contribution in [0.25, 0.3) is 0 Å². The highest BCUT2D eigenvalue weighted by molar-refractivity contribution is 7.96. The molecule has 1 aromatic rings. The summed E-state index contributed by atoms with van der Waals surface area (Å²) >= 11 is 0. The molecule has 0 aromatic heterocycles. The van der Waals surface area contributed by atoms with Crippen LogP contribution in [0.3, 0.4) is 0 Å². The van der Waals surface area contributed by atoms with E-state index < -0.39 is 10.0 Å². The number of allylic oxidation sites excluding steroid dienone is 5. The molecule has 0 unspecified atom stereocenters. The summed E-state index contributed by atoms with van der Waals surface area (Å²) in [7, 11) is -1.92. The number of nitrogens with zero attached hydrogens (tertiary/aromatic N) is 2. The predicted molar refractivity (Wildman–Crippen MR) is 145 cm³/mol. The van der Waals surface area contributed by atoms with Crippen LogP contribution in [0.5, 0.6) is 0 Å². The van der Waals surface area contributed by atoms with Gasteiger partial charge in [0, 0.05) is 26.8 Å². The molecule has 1 aliphatic heterocycles. The van der Waals surface area contributed by atoms with E-state index in [1.54, 1.807) is 25.3 Å². The van der Waals surface area contributed by atoms with Crippen molar-refractivity contribution in [2.45, 2.75) is 66.2 Å². The van der Waals surface area contributed by atoms with E-state index in [2.05, 4.69) is 25.8 Å². The minimum Gasteiger partial charge on any atom is -0.381 e. The Bertz CT molecular complexity index is 983. The fourth-order valence-electron chi connectivity index (χ4n) is 4.00. The lowest BCUT2D eigenvalue weighted by atomic mass is 9.98. The van der Waals surface area contributed by atoms with Crippen molar-refractivity contribution in [2.24, 2.45) is 10.9 Å². The van der Waals surface area contributed by atoms with E-state index in [4.69, 9.17) is 4.74 Å². The lowest BCUT2D eigenvalue weighted by Gasteiger charge is -2.26. The number of hydrogen-bond donors (Lipinski definition) is 0. The van der Waals surface area contributed by atoms with Gasteiger partial charge < -0.3 is 4.74 Å². The number of aryl methyl sites for hydroxylation is 1. The van der Waals surface area contributed by atoms with E-state index in [-0.39, 0.29) is 0 Å². The van der Waals surface area contributed by atoms with Crippen LogP contribution in [0.1, 0.15) is 65.4 Å². The first-order valence-corrected chi connectivity index (χ1v) is 14.1. The van der Waals surface area contributed by atoms with Gasteiger partial charge in [0.25, 0.3) is 10.0 Å². The maximum absolute atomic E-state index is 13.3. The highest BCUT2D eigenvalue weighted by Crippen LogP contribution is 2.27. The molecule has 1 fully saturated rings. The Morgan fingerprint density at radius 3 is 2.26 bits per heavy atom. The van der Waals surface area contributed by atoms with Crippen molar-refractivity contribution in [3.63, 3.8) is 0 Å². The number of ether oxygens (including phenoxy) is 1. The van der Waals surface area contributed by atoms with Crippen molar-refractivity contribution in [1.82, 2.24) is 0 Å². The number of hydrogen-bond acceptors (Lipinski definition) is 4. The maximum Gasteiger partial charge on any atom is 0.264 e. The van der Waals surface area contributed by atoms with Crippen LogP contribution >= 0.6 is 0 Å². The zero-order chi connectivity index (χ0) is 25.0. The van der Waals surface area contributed by atoms with Gasteiger partial charge in [0.05, 0.1) is 16.3 Å². The summed E-state index contributed by atoms with van der Waals surface area (Å²) < 4.78 is 33.4. The molecular formula is C28H42N2O3S. The van der Waals surface area contributed by atoms with Crippen molar-refractivity contribution < 1.29 is 13.2 Å². The molecule has 5 nitrogen and oxygen atoms in total. The van der Waals surface area contributed by atoms with Crippen molar-refractivity contribution >= 4 is 21.4 Å². The van der Waals surface area contributed by atoms with Crippen LogP contribution in [0, 0.1) is 5.92 Å². The van der Waals surface area contributed by atoms with E-state index in [0.717, 1.165) is 49.7 Å². The minimum absolute atomic E-state index is 0.300. The van der Waals surface area contributed by atoms with Gasteiger partial charge in [0.15, 0.2) is 0 Å². The molecule has 1 saturated heterocycles. The summed E-state index contributed by atoms with van der Waals surface area (Å²) in [4.78, 5) is 4.50. The first kappa shape index (κ1) is 28.1. The Balaban J connectivity index is 0.000000430. The molecule has 0 amide bonds. The molecule has 1 aliphatic carbocycles. The quantitative estimate of drug-likeness (QED) is 0.422. The normalized spacial score (nSPS) is 19.0. The molecule has 34 heavy (non-hydrogen) atoms. The van der Waals surface area contributed by atoms with Gasteiger partial charge in [-0.2, -0.15) is 0 Å². The smallest absolute Gasteiger partial charge is 0.264 e. The predicted octanol–water partition coefficient (Wildman–Crippen LogP) is 6.48. The fourth-order valence-corrected chi connectivity index (χ4v) is 5.54. The van der Waals surface area contributed by atoms with E-state index in [9.17, 15) is 8.42 Å². The second-order valence-corrected chi connectivity index (χ2v) is 10.5. The topological polar surface area (TPSA) is 59.0 Å². The summed E-state index contributed by atoms with van der Waals surface area (Å²) in [6.07, 6.45) is 13.6. The molecular weight excluding hydrogens is 444 g/mol. The number of aliphatic imine (C=N–C) groups is 1. The Morgan fingerprint density at radius 2 is 1.76 bits per heavy atom. The first-order valence-electron chi connectivity index (χ1n) is 12.6.